The Morgan fingerprint density at radius 2 is 1.52 bits per heavy atom. The Kier molecular flexibility index (Phi) is 8.25. The summed E-state index contributed by atoms with van der Waals surface area (Å²) in [6.07, 6.45) is 12.4. The van der Waals surface area contributed by atoms with Crippen molar-refractivity contribution in [3.63, 3.8) is 0 Å². The molecule has 0 bridgehead atoms. The Labute approximate surface area is 372 Å². The van der Waals surface area contributed by atoms with Crippen LogP contribution in [0.5, 0.6) is 0 Å². The van der Waals surface area contributed by atoms with Gasteiger partial charge in [-0.2, -0.15) is 0 Å². The molecule has 2 aliphatic rings. The zero-order valence-corrected chi connectivity index (χ0v) is 35.7. The van der Waals surface area contributed by atoms with Gasteiger partial charge in [-0.1, -0.05) is 119 Å². The molecule has 1 spiro atoms. The van der Waals surface area contributed by atoms with Gasteiger partial charge in [-0.05, 0) is 124 Å². The number of fused-ring (bicyclic) bond motifs is 6. The smallest absolute Gasteiger partial charge is 0.121 e. The van der Waals surface area contributed by atoms with E-state index in [4.69, 9.17) is 16.8 Å². The average molecular weight is 949 g/mol. The van der Waals surface area contributed by atoms with Crippen LogP contribution in [0, 0.1) is 38.1 Å². The number of aryl methyl sites for hydroxylation is 3. The van der Waals surface area contributed by atoms with Crippen LogP contribution in [0.3, 0.4) is 0 Å². The van der Waals surface area contributed by atoms with E-state index in [1.807, 2.05) is 48.7 Å². The van der Waals surface area contributed by atoms with Gasteiger partial charge in [0.2, 0.25) is 0 Å². The second kappa shape index (κ2) is 16.2. The molecule has 0 amide bonds. The van der Waals surface area contributed by atoms with Crippen LogP contribution in [-0.2, 0) is 25.5 Å². The molecule has 0 N–H and O–H groups in total. The molecule has 2 aliphatic carbocycles. The second-order valence-electron chi connectivity index (χ2n) is 17.2. The molecule has 0 unspecified atom stereocenters. The Bertz CT molecular complexity index is 3060. The molecule has 8 aromatic rings. The molecule has 2 saturated carbocycles. The van der Waals surface area contributed by atoms with Crippen LogP contribution in [-0.4, -0.2) is 9.97 Å². The largest absolute Gasteiger partial charge is 0.501 e. The van der Waals surface area contributed by atoms with Crippen molar-refractivity contribution in [2.75, 3.05) is 0 Å². The van der Waals surface area contributed by atoms with Crippen LogP contribution >= 0.6 is 0 Å². The van der Waals surface area contributed by atoms with Gasteiger partial charge in [0.15, 0.2) is 0 Å². The molecule has 5 aromatic carbocycles. The van der Waals surface area contributed by atoms with Crippen LogP contribution < -0.4 is 0 Å². The third kappa shape index (κ3) is 7.79. The van der Waals surface area contributed by atoms with E-state index in [-0.39, 0.29) is 42.1 Å². The molecular weight excluding hydrogens is 885 g/mol. The maximum atomic E-state index is 9.67. The van der Waals surface area contributed by atoms with Crippen LogP contribution in [0.15, 0.2) is 108 Å². The standard InChI is InChI=1S/C38H36NO.C16H18N.Ir/c1-24-10-13-30(34-21-31(25(2)23-39-34)27-14-18-38(19-15-27)16-6-3-7-17-38)37-36(24)33-20-28-12-11-26-8-4-5-9-29(26)32(28)22-35(33)40-37;1-12-5-7-13(8-6-12)15-10-9-14(11-17-15)16(2,3)4;/h4-5,8-12,20-23,27H,3,6-7,14-19H2,1-2H3;5-7,9-11H,1-4H3;/q2*-1;/i1D3,2D3,27D;1D3;. The van der Waals surface area contributed by atoms with E-state index in [9.17, 15) is 1.37 Å². The molecule has 58 heavy (non-hydrogen) atoms. The molecule has 3 aromatic heterocycles. The minimum absolute atomic E-state index is 0. The zero-order valence-electron chi connectivity index (χ0n) is 43.3. The summed E-state index contributed by atoms with van der Waals surface area (Å²) in [7, 11) is 0. The molecular formula is C54H54IrN2O-2. The number of furan rings is 1. The van der Waals surface area contributed by atoms with Gasteiger partial charge < -0.3 is 14.4 Å². The van der Waals surface area contributed by atoms with Gasteiger partial charge in [0, 0.05) is 51.6 Å². The minimum atomic E-state index is -2.43. The van der Waals surface area contributed by atoms with E-state index >= 15 is 0 Å². The first-order chi connectivity index (χ1) is 31.5. The van der Waals surface area contributed by atoms with Gasteiger partial charge in [-0.3, -0.25) is 0 Å². The Hall–Kier alpha value is -4.63. The monoisotopic (exact) mass is 949 g/mol. The number of rotatable bonds is 3. The number of aromatic nitrogens is 2. The third-order valence-corrected chi connectivity index (χ3v) is 12.5. The first-order valence-electron chi connectivity index (χ1n) is 25.3. The molecule has 0 atom stereocenters. The summed E-state index contributed by atoms with van der Waals surface area (Å²) in [4.78, 5) is 9.05. The molecule has 2 fully saturated rings. The predicted octanol–water partition coefficient (Wildman–Crippen LogP) is 15.1. The number of pyridine rings is 2. The Morgan fingerprint density at radius 1 is 0.724 bits per heavy atom. The van der Waals surface area contributed by atoms with Gasteiger partial charge in [0.1, 0.15) is 5.58 Å². The summed E-state index contributed by atoms with van der Waals surface area (Å²) in [6, 6.07) is 34.4. The second-order valence-corrected chi connectivity index (χ2v) is 17.2. The minimum Gasteiger partial charge on any atom is -0.501 e. The van der Waals surface area contributed by atoms with Crippen molar-refractivity contribution in [3.05, 3.63) is 143 Å². The molecule has 0 aliphatic heterocycles. The van der Waals surface area contributed by atoms with Gasteiger partial charge in [0.25, 0.3) is 0 Å². The fraction of sp³-hybridized carbons (Fsp3) is 0.333. The van der Waals surface area contributed by atoms with Crippen LogP contribution in [0.1, 0.15) is 126 Å². The van der Waals surface area contributed by atoms with Gasteiger partial charge >= 0.3 is 0 Å². The van der Waals surface area contributed by atoms with E-state index in [0.29, 0.717) is 57.2 Å². The first kappa shape index (κ1) is 29.6. The van der Waals surface area contributed by atoms with Gasteiger partial charge in [0.05, 0.1) is 5.58 Å². The maximum absolute atomic E-state index is 9.67. The van der Waals surface area contributed by atoms with E-state index in [1.165, 1.54) is 56.0 Å². The molecule has 1 radical (unpaired) electrons. The third-order valence-electron chi connectivity index (χ3n) is 12.5. The van der Waals surface area contributed by atoms with Crippen molar-refractivity contribution in [1.82, 2.24) is 9.97 Å². The predicted molar refractivity (Wildman–Crippen MR) is 239 cm³/mol. The topological polar surface area (TPSA) is 38.9 Å². The van der Waals surface area contributed by atoms with Gasteiger partial charge in [-0.15, -0.1) is 53.1 Å². The van der Waals surface area contributed by atoms with Gasteiger partial charge in [-0.25, -0.2) is 0 Å². The maximum Gasteiger partial charge on any atom is 0.121 e. The number of benzene rings is 5. The normalized spacial score (nSPS) is 19.5. The van der Waals surface area contributed by atoms with Crippen molar-refractivity contribution in [3.8, 4) is 22.5 Å². The average Bonchev–Trinajstić information content (AvgIpc) is 3.66. The van der Waals surface area contributed by atoms with Crippen molar-refractivity contribution in [2.24, 2.45) is 5.41 Å². The zero-order chi connectivity index (χ0) is 47.7. The van der Waals surface area contributed by atoms with E-state index < -0.39 is 26.4 Å². The molecule has 3 nitrogen and oxygen atoms in total. The van der Waals surface area contributed by atoms with Crippen molar-refractivity contribution < 1.29 is 38.2 Å². The SMILES string of the molecule is [2H]C([2H])([2H])c1c[c-]c(-c2ccc(C(C)(C)C)cn2)cc1.[2H]C([2H])([2H])c1cnc(-c2[c-]cc(C([2H])([2H])[2H])c3c2oc2cc4c(ccc5ccccc54)cc23)cc1C1([2H])CCC2(CCCCC2)CC1.[Ir]. The summed E-state index contributed by atoms with van der Waals surface area (Å²) in [5.74, 6) is -1.06. The summed E-state index contributed by atoms with van der Waals surface area (Å²) >= 11 is 0. The number of hydrogen-bond acceptors (Lipinski definition) is 3. The van der Waals surface area contributed by atoms with Crippen LogP contribution in [0.4, 0.5) is 0 Å². The number of nitrogens with zero attached hydrogens (tertiary/aromatic N) is 2. The van der Waals surface area contributed by atoms with Crippen molar-refractivity contribution in [1.29, 1.82) is 0 Å². The summed E-state index contributed by atoms with van der Waals surface area (Å²) in [5.41, 5.74) is 5.91. The molecule has 10 rings (SSSR count). The Morgan fingerprint density at radius 3 is 2.24 bits per heavy atom. The van der Waals surface area contributed by atoms with Crippen molar-refractivity contribution >= 4 is 43.5 Å². The fourth-order valence-electron chi connectivity index (χ4n) is 9.13. The van der Waals surface area contributed by atoms with E-state index in [2.05, 4.69) is 61.1 Å². The summed E-state index contributed by atoms with van der Waals surface area (Å²) in [6.45, 7) is -0.517. The first-order valence-corrected chi connectivity index (χ1v) is 20.3. The molecule has 297 valence electrons. The van der Waals surface area contributed by atoms with Crippen LogP contribution in [0.25, 0.3) is 66.0 Å². The van der Waals surface area contributed by atoms with Crippen LogP contribution in [0.2, 0.25) is 0 Å². The fourth-order valence-corrected chi connectivity index (χ4v) is 9.13. The molecule has 4 heteroatoms. The molecule has 0 saturated heterocycles. The summed E-state index contributed by atoms with van der Waals surface area (Å²) in [5, 5.41) is 5.30. The number of hydrogen-bond donors (Lipinski definition) is 0. The Balaban J connectivity index is 0.000000251. The molecule has 3 heterocycles. The van der Waals surface area contributed by atoms with E-state index in [1.54, 1.807) is 18.2 Å². The quantitative estimate of drug-likeness (QED) is 0.131. The van der Waals surface area contributed by atoms with Crippen molar-refractivity contribution in [2.45, 2.75) is 110 Å². The summed E-state index contributed by atoms with van der Waals surface area (Å²) < 4.78 is 88.3. The van der Waals surface area contributed by atoms with E-state index in [0.717, 1.165) is 45.6 Å².